The lowest BCUT2D eigenvalue weighted by Gasteiger charge is -2.37. The van der Waals surface area contributed by atoms with Gasteiger partial charge in [-0.05, 0) is 19.9 Å². The second-order valence-corrected chi connectivity index (χ2v) is 6.26. The van der Waals surface area contributed by atoms with Gasteiger partial charge in [-0.15, -0.1) is 11.3 Å². The molecule has 1 aromatic heterocycles. The van der Waals surface area contributed by atoms with Crippen molar-refractivity contribution < 1.29 is 0 Å². The zero-order valence-electron chi connectivity index (χ0n) is 12.4. The van der Waals surface area contributed by atoms with Crippen molar-refractivity contribution in [2.45, 2.75) is 39.8 Å². The van der Waals surface area contributed by atoms with Crippen LogP contribution < -0.4 is 10.2 Å². The summed E-state index contributed by atoms with van der Waals surface area (Å²) in [6.07, 6.45) is 3.26. The highest BCUT2D eigenvalue weighted by molar-refractivity contribution is 7.15. The van der Waals surface area contributed by atoms with Gasteiger partial charge in [0.05, 0.1) is 0 Å². The van der Waals surface area contributed by atoms with Crippen LogP contribution in [-0.4, -0.2) is 48.6 Å². The van der Waals surface area contributed by atoms with Crippen molar-refractivity contribution in [1.29, 1.82) is 0 Å². The molecule has 108 valence electrons. The number of rotatable bonds is 6. The molecule has 1 fully saturated rings. The molecular weight excluding hydrogens is 256 g/mol. The molecule has 0 bridgehead atoms. The molecule has 0 radical (unpaired) electrons. The Morgan fingerprint density at radius 1 is 1.32 bits per heavy atom. The summed E-state index contributed by atoms with van der Waals surface area (Å²) in [5.41, 5.74) is 0. The molecule has 0 amide bonds. The topological polar surface area (TPSA) is 31.4 Å². The summed E-state index contributed by atoms with van der Waals surface area (Å²) in [6.45, 7) is 13.2. The van der Waals surface area contributed by atoms with Crippen molar-refractivity contribution in [3.63, 3.8) is 0 Å². The Morgan fingerprint density at radius 3 is 2.68 bits per heavy atom. The maximum absolute atomic E-state index is 4.57. The van der Waals surface area contributed by atoms with Crippen LogP contribution in [0.1, 0.15) is 32.1 Å². The lowest BCUT2D eigenvalue weighted by molar-refractivity contribution is 0.193. The first-order chi connectivity index (χ1) is 9.24. The SMILES string of the molecule is CCNCc1cnc(N2CCN(C(C)CC)CC2)s1. The molecule has 0 spiro atoms. The number of nitrogens with one attached hydrogen (secondary N) is 1. The van der Waals surface area contributed by atoms with Crippen molar-refractivity contribution in [1.82, 2.24) is 15.2 Å². The van der Waals surface area contributed by atoms with Gasteiger partial charge in [-0.2, -0.15) is 0 Å². The minimum atomic E-state index is 0.711. The molecule has 5 heteroatoms. The molecule has 1 aromatic rings. The molecule has 1 aliphatic rings. The van der Waals surface area contributed by atoms with Crippen LogP contribution >= 0.6 is 11.3 Å². The van der Waals surface area contributed by atoms with E-state index in [1.807, 2.05) is 17.5 Å². The number of hydrogen-bond donors (Lipinski definition) is 1. The Hall–Kier alpha value is -0.650. The predicted molar refractivity (Wildman–Crippen MR) is 83.0 cm³/mol. The van der Waals surface area contributed by atoms with Gasteiger partial charge in [0.25, 0.3) is 0 Å². The van der Waals surface area contributed by atoms with E-state index in [0.29, 0.717) is 6.04 Å². The predicted octanol–water partition coefficient (Wildman–Crippen LogP) is 2.17. The first kappa shape index (κ1) is 14.8. The fourth-order valence-corrected chi connectivity index (χ4v) is 3.32. The van der Waals surface area contributed by atoms with Crippen LogP contribution in [0.2, 0.25) is 0 Å². The third kappa shape index (κ3) is 3.91. The summed E-state index contributed by atoms with van der Waals surface area (Å²) in [6, 6.07) is 0.711. The largest absolute Gasteiger partial charge is 0.346 e. The van der Waals surface area contributed by atoms with E-state index in [-0.39, 0.29) is 0 Å². The van der Waals surface area contributed by atoms with Crippen LogP contribution in [0.4, 0.5) is 5.13 Å². The molecule has 1 N–H and O–H groups in total. The minimum Gasteiger partial charge on any atom is -0.346 e. The van der Waals surface area contributed by atoms with Gasteiger partial charge in [-0.1, -0.05) is 13.8 Å². The highest BCUT2D eigenvalue weighted by atomic mass is 32.1. The van der Waals surface area contributed by atoms with Crippen molar-refractivity contribution in [3.05, 3.63) is 11.1 Å². The molecule has 1 saturated heterocycles. The molecule has 0 saturated carbocycles. The minimum absolute atomic E-state index is 0.711. The summed E-state index contributed by atoms with van der Waals surface area (Å²) < 4.78 is 0. The highest BCUT2D eigenvalue weighted by Gasteiger charge is 2.21. The molecule has 0 aliphatic carbocycles. The van der Waals surface area contributed by atoms with E-state index in [0.717, 1.165) is 39.3 Å². The third-order valence-electron chi connectivity index (χ3n) is 3.89. The van der Waals surface area contributed by atoms with Crippen LogP contribution in [0.5, 0.6) is 0 Å². The van der Waals surface area contributed by atoms with Crippen LogP contribution in [-0.2, 0) is 6.54 Å². The van der Waals surface area contributed by atoms with Crippen LogP contribution in [0.3, 0.4) is 0 Å². The molecule has 2 rings (SSSR count). The second kappa shape index (κ2) is 7.22. The summed E-state index contributed by atoms with van der Waals surface area (Å²) in [5, 5.41) is 4.55. The smallest absolute Gasteiger partial charge is 0.185 e. The van der Waals surface area contributed by atoms with Crippen molar-refractivity contribution in [2.24, 2.45) is 0 Å². The molecule has 1 atom stereocenters. The van der Waals surface area contributed by atoms with E-state index in [1.54, 1.807) is 0 Å². The zero-order valence-corrected chi connectivity index (χ0v) is 13.2. The van der Waals surface area contributed by atoms with Gasteiger partial charge < -0.3 is 10.2 Å². The molecule has 1 aliphatic heterocycles. The highest BCUT2D eigenvalue weighted by Crippen LogP contribution is 2.24. The molecule has 1 unspecified atom stereocenters. The summed E-state index contributed by atoms with van der Waals surface area (Å²) in [5.74, 6) is 0. The normalized spacial score (nSPS) is 18.8. The van der Waals surface area contributed by atoms with E-state index in [2.05, 4.69) is 40.9 Å². The molecule has 0 aromatic carbocycles. The monoisotopic (exact) mass is 282 g/mol. The molecular formula is C14H26N4S. The van der Waals surface area contributed by atoms with E-state index in [9.17, 15) is 0 Å². The lowest BCUT2D eigenvalue weighted by atomic mass is 10.2. The van der Waals surface area contributed by atoms with Gasteiger partial charge in [0.2, 0.25) is 0 Å². The van der Waals surface area contributed by atoms with Gasteiger partial charge in [0, 0.05) is 49.8 Å². The first-order valence-electron chi connectivity index (χ1n) is 7.39. The van der Waals surface area contributed by atoms with E-state index in [4.69, 9.17) is 0 Å². The van der Waals surface area contributed by atoms with Crippen molar-refractivity contribution in [3.8, 4) is 0 Å². The maximum Gasteiger partial charge on any atom is 0.185 e. The van der Waals surface area contributed by atoms with E-state index >= 15 is 0 Å². The molecule has 2 heterocycles. The van der Waals surface area contributed by atoms with Gasteiger partial charge >= 0.3 is 0 Å². The first-order valence-corrected chi connectivity index (χ1v) is 8.20. The van der Waals surface area contributed by atoms with Gasteiger partial charge in [-0.25, -0.2) is 4.98 Å². The van der Waals surface area contributed by atoms with Crippen LogP contribution in [0.25, 0.3) is 0 Å². The standard InChI is InChI=1S/C14H26N4S/c1-4-12(3)17-6-8-18(9-7-17)14-16-11-13(19-14)10-15-5-2/h11-12,15H,4-10H2,1-3H3. The third-order valence-corrected chi connectivity index (χ3v) is 4.95. The number of aromatic nitrogens is 1. The van der Waals surface area contributed by atoms with E-state index < -0.39 is 0 Å². The quantitative estimate of drug-likeness (QED) is 0.866. The van der Waals surface area contributed by atoms with Crippen molar-refractivity contribution in [2.75, 3.05) is 37.6 Å². The second-order valence-electron chi connectivity index (χ2n) is 5.17. The number of nitrogens with zero attached hydrogens (tertiary/aromatic N) is 3. The number of piperazine rings is 1. The molecule has 4 nitrogen and oxygen atoms in total. The van der Waals surface area contributed by atoms with E-state index in [1.165, 1.54) is 16.4 Å². The zero-order chi connectivity index (χ0) is 13.7. The Kier molecular flexibility index (Phi) is 5.60. The Morgan fingerprint density at radius 2 is 2.05 bits per heavy atom. The number of anilines is 1. The van der Waals surface area contributed by atoms with Gasteiger partial charge in [-0.3, -0.25) is 4.90 Å². The molecule has 19 heavy (non-hydrogen) atoms. The lowest BCUT2D eigenvalue weighted by Crippen LogP contribution is -2.49. The van der Waals surface area contributed by atoms with Gasteiger partial charge in [0.1, 0.15) is 0 Å². The summed E-state index contributed by atoms with van der Waals surface area (Å²) in [4.78, 5) is 10.9. The fourth-order valence-electron chi connectivity index (χ4n) is 2.39. The van der Waals surface area contributed by atoms with Crippen molar-refractivity contribution >= 4 is 16.5 Å². The van der Waals surface area contributed by atoms with Gasteiger partial charge in [0.15, 0.2) is 5.13 Å². The van der Waals surface area contributed by atoms with Crippen LogP contribution in [0.15, 0.2) is 6.20 Å². The Bertz CT molecular complexity index is 371. The summed E-state index contributed by atoms with van der Waals surface area (Å²) in [7, 11) is 0. The number of thiazole rings is 1. The Balaban J connectivity index is 1.85. The van der Waals surface area contributed by atoms with Crippen LogP contribution in [0, 0.1) is 0 Å². The average molecular weight is 282 g/mol. The average Bonchev–Trinajstić information content (AvgIpc) is 2.93. The Labute approximate surface area is 120 Å². The summed E-state index contributed by atoms with van der Waals surface area (Å²) >= 11 is 1.83. The maximum atomic E-state index is 4.57. The fraction of sp³-hybridized carbons (Fsp3) is 0.786. The number of hydrogen-bond acceptors (Lipinski definition) is 5.